The lowest BCUT2D eigenvalue weighted by Gasteiger charge is -2.23. The molecular weight excluding hydrogens is 330 g/mol. The molecule has 0 spiro atoms. The van der Waals surface area contributed by atoms with E-state index < -0.39 is 0 Å². The first-order valence-corrected chi connectivity index (χ1v) is 8.72. The van der Waals surface area contributed by atoms with Gasteiger partial charge in [-0.15, -0.1) is 0 Å². The number of carbonyl (C=O) groups is 1. The predicted molar refractivity (Wildman–Crippen MR) is 102 cm³/mol. The van der Waals surface area contributed by atoms with Crippen LogP contribution in [0.2, 0.25) is 0 Å². The Hall–Kier alpha value is -2.69. The number of hydrogen-bond acceptors (Lipinski definition) is 4. The van der Waals surface area contributed by atoms with Crippen molar-refractivity contribution in [3.8, 4) is 17.2 Å². The Balaban J connectivity index is 2.06. The zero-order valence-electron chi connectivity index (χ0n) is 16.0. The minimum atomic E-state index is 0.140. The van der Waals surface area contributed by atoms with Crippen LogP contribution in [0.5, 0.6) is 17.2 Å². The van der Waals surface area contributed by atoms with E-state index in [0.29, 0.717) is 31.0 Å². The second-order valence-corrected chi connectivity index (χ2v) is 5.96. The van der Waals surface area contributed by atoms with Gasteiger partial charge in [0.2, 0.25) is 5.91 Å². The normalized spacial score (nSPS) is 10.3. The fraction of sp³-hybridized carbons (Fsp3) is 0.381. The maximum atomic E-state index is 12.3. The third-order valence-electron chi connectivity index (χ3n) is 4.31. The molecule has 26 heavy (non-hydrogen) atoms. The number of benzene rings is 2. The number of amides is 1. The third kappa shape index (κ3) is 5.15. The maximum Gasteiger partial charge on any atom is 0.222 e. The fourth-order valence-electron chi connectivity index (χ4n) is 2.77. The van der Waals surface area contributed by atoms with Gasteiger partial charge in [0.15, 0.2) is 11.5 Å². The van der Waals surface area contributed by atoms with Gasteiger partial charge in [-0.3, -0.25) is 4.79 Å². The van der Waals surface area contributed by atoms with Gasteiger partial charge in [-0.05, 0) is 41.8 Å². The van der Waals surface area contributed by atoms with Crippen molar-refractivity contribution in [3.63, 3.8) is 0 Å². The molecule has 2 rings (SSSR count). The Morgan fingerprint density at radius 2 is 1.54 bits per heavy atom. The number of carbonyl (C=O) groups excluding carboxylic acids is 1. The molecule has 0 fully saturated rings. The van der Waals surface area contributed by atoms with Crippen LogP contribution in [-0.2, 0) is 17.8 Å². The van der Waals surface area contributed by atoms with E-state index in [0.717, 1.165) is 23.3 Å². The summed E-state index contributed by atoms with van der Waals surface area (Å²) in [6.07, 6.45) is 1.24. The van der Waals surface area contributed by atoms with Crippen LogP contribution in [-0.4, -0.2) is 38.7 Å². The van der Waals surface area contributed by atoms with E-state index in [1.165, 1.54) is 0 Å². The molecule has 0 bridgehead atoms. The van der Waals surface area contributed by atoms with Crippen molar-refractivity contribution in [1.82, 2.24) is 4.90 Å². The van der Waals surface area contributed by atoms with Crippen LogP contribution in [0.25, 0.3) is 0 Å². The number of ether oxygens (including phenoxy) is 3. The molecule has 0 heterocycles. The van der Waals surface area contributed by atoms with Gasteiger partial charge in [-0.1, -0.05) is 25.1 Å². The summed E-state index contributed by atoms with van der Waals surface area (Å²) in [5.41, 5.74) is 2.19. The quantitative estimate of drug-likeness (QED) is 0.687. The Kier molecular flexibility index (Phi) is 7.33. The van der Waals surface area contributed by atoms with E-state index in [1.807, 2.05) is 54.3 Å². The smallest absolute Gasteiger partial charge is 0.222 e. The highest BCUT2D eigenvalue weighted by Gasteiger charge is 2.13. The molecule has 5 nitrogen and oxygen atoms in total. The molecule has 0 aliphatic carbocycles. The predicted octanol–water partition coefficient (Wildman–Crippen LogP) is 3.69. The van der Waals surface area contributed by atoms with Gasteiger partial charge in [0.25, 0.3) is 0 Å². The summed E-state index contributed by atoms with van der Waals surface area (Å²) in [5, 5.41) is 0. The van der Waals surface area contributed by atoms with E-state index in [9.17, 15) is 4.79 Å². The van der Waals surface area contributed by atoms with Gasteiger partial charge in [0.1, 0.15) is 5.75 Å². The van der Waals surface area contributed by atoms with Gasteiger partial charge >= 0.3 is 0 Å². The first-order valence-electron chi connectivity index (χ1n) is 8.72. The zero-order chi connectivity index (χ0) is 18.9. The molecule has 0 aromatic heterocycles. The molecule has 0 atom stereocenters. The van der Waals surface area contributed by atoms with Crippen molar-refractivity contribution in [2.45, 2.75) is 26.3 Å². The Labute approximate surface area is 155 Å². The molecule has 5 heteroatoms. The second kappa shape index (κ2) is 9.70. The number of nitrogens with zero attached hydrogens (tertiary/aromatic N) is 1. The number of hydrogen-bond donors (Lipinski definition) is 0. The Morgan fingerprint density at radius 1 is 0.885 bits per heavy atom. The molecule has 0 saturated carbocycles. The van der Waals surface area contributed by atoms with Crippen LogP contribution in [0.1, 0.15) is 24.5 Å². The molecule has 1 amide bonds. The van der Waals surface area contributed by atoms with Crippen LogP contribution in [0.3, 0.4) is 0 Å². The lowest BCUT2D eigenvalue weighted by molar-refractivity contribution is -0.131. The van der Waals surface area contributed by atoms with E-state index in [1.54, 1.807) is 21.3 Å². The fourth-order valence-corrected chi connectivity index (χ4v) is 2.77. The van der Waals surface area contributed by atoms with Gasteiger partial charge in [0, 0.05) is 19.5 Å². The third-order valence-corrected chi connectivity index (χ3v) is 4.31. The topological polar surface area (TPSA) is 48.0 Å². The summed E-state index contributed by atoms with van der Waals surface area (Å²) >= 11 is 0. The summed E-state index contributed by atoms with van der Waals surface area (Å²) in [5.74, 6) is 2.36. The molecule has 0 saturated heterocycles. The Morgan fingerprint density at radius 3 is 2.12 bits per heavy atom. The van der Waals surface area contributed by atoms with Gasteiger partial charge < -0.3 is 19.1 Å². The van der Waals surface area contributed by atoms with Crippen molar-refractivity contribution >= 4 is 5.91 Å². The summed E-state index contributed by atoms with van der Waals surface area (Å²) in [4.78, 5) is 14.2. The molecule has 0 aliphatic heterocycles. The molecule has 140 valence electrons. The minimum absolute atomic E-state index is 0.140. The van der Waals surface area contributed by atoms with Gasteiger partial charge in [0.05, 0.1) is 21.3 Å². The van der Waals surface area contributed by atoms with Crippen LogP contribution >= 0.6 is 0 Å². The highest BCUT2D eigenvalue weighted by atomic mass is 16.5. The second-order valence-electron chi connectivity index (χ2n) is 5.96. The van der Waals surface area contributed by atoms with Gasteiger partial charge in [-0.25, -0.2) is 0 Å². The van der Waals surface area contributed by atoms with E-state index >= 15 is 0 Å². The summed E-state index contributed by atoms with van der Waals surface area (Å²) in [7, 11) is 4.89. The first kappa shape index (κ1) is 19.6. The highest BCUT2D eigenvalue weighted by molar-refractivity contribution is 5.75. The molecule has 2 aromatic rings. The molecule has 0 radical (unpaired) electrons. The maximum absolute atomic E-state index is 12.3. The average Bonchev–Trinajstić information content (AvgIpc) is 2.70. The van der Waals surface area contributed by atoms with E-state index in [2.05, 4.69) is 0 Å². The van der Waals surface area contributed by atoms with E-state index in [4.69, 9.17) is 14.2 Å². The minimum Gasteiger partial charge on any atom is -0.497 e. The van der Waals surface area contributed by atoms with Crippen molar-refractivity contribution in [2.24, 2.45) is 0 Å². The lowest BCUT2D eigenvalue weighted by atomic mass is 10.1. The highest BCUT2D eigenvalue weighted by Crippen LogP contribution is 2.27. The SMILES string of the molecule is CCC(=O)N(CCc1ccc(OC)c(OC)c1)Cc1ccc(OC)cc1. The first-order chi connectivity index (χ1) is 12.6. The molecule has 2 aromatic carbocycles. The molecular formula is C21H27NO4. The van der Waals surface area contributed by atoms with Crippen molar-refractivity contribution in [1.29, 1.82) is 0 Å². The van der Waals surface area contributed by atoms with Crippen molar-refractivity contribution < 1.29 is 19.0 Å². The summed E-state index contributed by atoms with van der Waals surface area (Å²) in [6.45, 7) is 3.12. The summed E-state index contributed by atoms with van der Waals surface area (Å²) in [6, 6.07) is 13.7. The standard InChI is InChI=1S/C21H27NO4/c1-5-21(23)22(15-17-6-9-18(24-2)10-7-17)13-12-16-8-11-19(25-3)20(14-16)26-4/h6-11,14H,5,12-13,15H2,1-4H3. The van der Waals surface area contributed by atoms with E-state index in [-0.39, 0.29) is 5.91 Å². The lowest BCUT2D eigenvalue weighted by Crippen LogP contribution is -2.31. The zero-order valence-corrected chi connectivity index (χ0v) is 16.0. The monoisotopic (exact) mass is 357 g/mol. The molecule has 0 unspecified atom stereocenters. The largest absolute Gasteiger partial charge is 0.497 e. The van der Waals surface area contributed by atoms with Crippen LogP contribution < -0.4 is 14.2 Å². The number of methoxy groups -OCH3 is 3. The Bertz CT molecular complexity index is 712. The van der Waals surface area contributed by atoms with Crippen LogP contribution in [0.15, 0.2) is 42.5 Å². The van der Waals surface area contributed by atoms with Gasteiger partial charge in [-0.2, -0.15) is 0 Å². The molecule has 0 aliphatic rings. The molecule has 0 N–H and O–H groups in total. The summed E-state index contributed by atoms with van der Waals surface area (Å²) < 4.78 is 15.8. The van der Waals surface area contributed by atoms with Crippen LogP contribution in [0.4, 0.5) is 0 Å². The van der Waals surface area contributed by atoms with Crippen molar-refractivity contribution in [2.75, 3.05) is 27.9 Å². The van der Waals surface area contributed by atoms with Crippen LogP contribution in [0, 0.1) is 0 Å². The number of rotatable bonds is 9. The average molecular weight is 357 g/mol. The van der Waals surface area contributed by atoms with Crippen molar-refractivity contribution in [3.05, 3.63) is 53.6 Å².